The van der Waals surface area contributed by atoms with Gasteiger partial charge in [0.25, 0.3) is 0 Å². The molecule has 2 aromatic carbocycles. The molecule has 0 atom stereocenters. The number of nitrogens with one attached hydrogen (secondary N) is 1. The van der Waals surface area contributed by atoms with Gasteiger partial charge in [-0.05, 0) is 24.3 Å². The maximum Gasteiger partial charge on any atom is 0.120 e. The van der Waals surface area contributed by atoms with Gasteiger partial charge >= 0.3 is 0 Å². The van der Waals surface area contributed by atoms with Crippen LogP contribution in [0.15, 0.2) is 42.5 Å². The Labute approximate surface area is 127 Å². The molecule has 0 saturated heterocycles. The number of benzene rings is 2. The van der Waals surface area contributed by atoms with E-state index in [0.717, 1.165) is 5.69 Å². The van der Waals surface area contributed by atoms with Crippen LogP contribution in [0.4, 0.5) is 5.69 Å². The van der Waals surface area contributed by atoms with Crippen molar-refractivity contribution < 1.29 is 4.74 Å². The van der Waals surface area contributed by atoms with Crippen LogP contribution in [0.5, 0.6) is 5.75 Å². The van der Waals surface area contributed by atoms with Crippen LogP contribution in [0.25, 0.3) is 0 Å². The van der Waals surface area contributed by atoms with E-state index in [2.05, 4.69) is 5.32 Å². The fraction of sp³-hybridized carbons (Fsp3) is 0.143. The molecular formula is C14H12Cl3NO. The summed E-state index contributed by atoms with van der Waals surface area (Å²) in [7, 11) is 0. The van der Waals surface area contributed by atoms with Crippen LogP contribution in [0.2, 0.25) is 15.1 Å². The lowest BCUT2D eigenvalue weighted by Gasteiger charge is -2.10. The van der Waals surface area contributed by atoms with E-state index in [9.17, 15) is 0 Å². The molecule has 1 N–H and O–H groups in total. The van der Waals surface area contributed by atoms with Gasteiger partial charge < -0.3 is 10.1 Å². The summed E-state index contributed by atoms with van der Waals surface area (Å²) >= 11 is 17.7. The highest BCUT2D eigenvalue weighted by atomic mass is 35.5. The summed E-state index contributed by atoms with van der Waals surface area (Å²) in [6.07, 6.45) is 0. The predicted octanol–water partition coefficient (Wildman–Crippen LogP) is 5.14. The van der Waals surface area contributed by atoms with Crippen LogP contribution < -0.4 is 10.1 Å². The average Bonchev–Trinajstić information content (AvgIpc) is 2.40. The van der Waals surface area contributed by atoms with Gasteiger partial charge in [-0.15, -0.1) is 0 Å². The molecule has 0 radical (unpaired) electrons. The molecule has 0 aromatic heterocycles. The van der Waals surface area contributed by atoms with Crippen molar-refractivity contribution in [2.45, 2.75) is 0 Å². The number of hydrogen-bond donors (Lipinski definition) is 1. The third kappa shape index (κ3) is 4.20. The van der Waals surface area contributed by atoms with E-state index in [0.29, 0.717) is 34.0 Å². The summed E-state index contributed by atoms with van der Waals surface area (Å²) in [4.78, 5) is 0. The van der Waals surface area contributed by atoms with E-state index in [1.54, 1.807) is 18.2 Å². The number of para-hydroxylation sites is 1. The first-order chi connectivity index (χ1) is 9.16. The molecule has 0 spiro atoms. The summed E-state index contributed by atoms with van der Waals surface area (Å²) in [5.74, 6) is 0.690. The molecule has 0 fully saturated rings. The average molecular weight is 317 g/mol. The summed E-state index contributed by atoms with van der Waals surface area (Å²) in [5, 5.41) is 4.89. The maximum absolute atomic E-state index is 6.02. The Morgan fingerprint density at radius 2 is 1.68 bits per heavy atom. The fourth-order valence-electron chi connectivity index (χ4n) is 1.53. The summed E-state index contributed by atoms with van der Waals surface area (Å²) < 4.78 is 5.55. The molecule has 2 rings (SSSR count). The minimum atomic E-state index is 0.484. The van der Waals surface area contributed by atoms with Crippen LogP contribution in [0, 0.1) is 0 Å². The quantitative estimate of drug-likeness (QED) is 0.771. The Morgan fingerprint density at radius 1 is 0.895 bits per heavy atom. The number of ether oxygens (including phenoxy) is 1. The smallest absolute Gasteiger partial charge is 0.120 e. The van der Waals surface area contributed by atoms with Gasteiger partial charge in [-0.3, -0.25) is 0 Å². The van der Waals surface area contributed by atoms with Crippen molar-refractivity contribution in [3.05, 3.63) is 57.5 Å². The lowest BCUT2D eigenvalue weighted by Crippen LogP contribution is -2.11. The maximum atomic E-state index is 6.02. The molecule has 0 aliphatic carbocycles. The van der Waals surface area contributed by atoms with Gasteiger partial charge in [-0.1, -0.05) is 46.9 Å². The number of rotatable bonds is 5. The SMILES string of the molecule is Clc1ccc(OCCNc2ccccc2Cl)cc1Cl. The molecule has 19 heavy (non-hydrogen) atoms. The molecule has 0 amide bonds. The van der Waals surface area contributed by atoms with Gasteiger partial charge in [0.15, 0.2) is 0 Å². The normalized spacial score (nSPS) is 10.3. The van der Waals surface area contributed by atoms with E-state index in [1.807, 2.05) is 24.3 Å². The van der Waals surface area contributed by atoms with Crippen molar-refractivity contribution in [3.8, 4) is 5.75 Å². The highest BCUT2D eigenvalue weighted by molar-refractivity contribution is 6.42. The molecule has 0 bridgehead atoms. The van der Waals surface area contributed by atoms with Crippen LogP contribution in [-0.2, 0) is 0 Å². The Bertz CT molecular complexity index is 560. The van der Waals surface area contributed by atoms with Gasteiger partial charge in [-0.25, -0.2) is 0 Å². The zero-order valence-electron chi connectivity index (χ0n) is 10.00. The monoisotopic (exact) mass is 315 g/mol. The molecule has 0 aliphatic heterocycles. The van der Waals surface area contributed by atoms with E-state index < -0.39 is 0 Å². The first kappa shape index (κ1) is 14.3. The second-order valence-corrected chi connectivity index (χ2v) is 5.05. The second kappa shape index (κ2) is 6.90. The third-order valence-corrected chi connectivity index (χ3v) is 3.52. The van der Waals surface area contributed by atoms with Gasteiger partial charge in [0.05, 0.1) is 20.8 Å². The topological polar surface area (TPSA) is 21.3 Å². The highest BCUT2D eigenvalue weighted by Gasteiger charge is 2.01. The van der Waals surface area contributed by atoms with Crippen LogP contribution in [0.1, 0.15) is 0 Å². The Hall–Kier alpha value is -1.09. The van der Waals surface area contributed by atoms with Crippen LogP contribution in [-0.4, -0.2) is 13.2 Å². The second-order valence-electron chi connectivity index (χ2n) is 3.83. The standard InChI is InChI=1S/C14H12Cl3NO/c15-11-6-5-10(9-13(11)17)19-8-7-18-14-4-2-1-3-12(14)16/h1-6,9,18H,7-8H2. The molecule has 100 valence electrons. The molecule has 0 unspecified atom stereocenters. The van der Waals surface area contributed by atoms with Crippen molar-refractivity contribution in [1.82, 2.24) is 0 Å². The van der Waals surface area contributed by atoms with Crippen molar-refractivity contribution in [3.63, 3.8) is 0 Å². The molecule has 0 aliphatic rings. The van der Waals surface area contributed by atoms with Gasteiger partial charge in [-0.2, -0.15) is 0 Å². The summed E-state index contributed by atoms with van der Waals surface area (Å²) in [5.41, 5.74) is 0.891. The van der Waals surface area contributed by atoms with Crippen molar-refractivity contribution in [2.75, 3.05) is 18.5 Å². The zero-order valence-corrected chi connectivity index (χ0v) is 12.3. The molecule has 2 nitrogen and oxygen atoms in total. The number of hydrogen-bond acceptors (Lipinski definition) is 2. The fourth-order valence-corrected chi connectivity index (χ4v) is 2.02. The Kier molecular flexibility index (Phi) is 5.20. The van der Waals surface area contributed by atoms with E-state index in [1.165, 1.54) is 0 Å². The number of anilines is 1. The molecule has 5 heteroatoms. The molecular weight excluding hydrogens is 305 g/mol. The minimum Gasteiger partial charge on any atom is -0.492 e. The van der Waals surface area contributed by atoms with Gasteiger partial charge in [0, 0.05) is 12.6 Å². The summed E-state index contributed by atoms with van der Waals surface area (Å²) in [6, 6.07) is 12.8. The molecule has 2 aromatic rings. The van der Waals surface area contributed by atoms with Crippen molar-refractivity contribution >= 4 is 40.5 Å². The van der Waals surface area contributed by atoms with Gasteiger partial charge in [0.2, 0.25) is 0 Å². The highest BCUT2D eigenvalue weighted by Crippen LogP contribution is 2.26. The van der Waals surface area contributed by atoms with E-state index in [4.69, 9.17) is 39.5 Å². The Balaban J connectivity index is 1.81. The number of halogens is 3. The summed E-state index contributed by atoms with van der Waals surface area (Å²) in [6.45, 7) is 1.15. The lowest BCUT2D eigenvalue weighted by atomic mass is 10.3. The van der Waals surface area contributed by atoms with Crippen molar-refractivity contribution in [2.24, 2.45) is 0 Å². The van der Waals surface area contributed by atoms with Crippen molar-refractivity contribution in [1.29, 1.82) is 0 Å². The minimum absolute atomic E-state index is 0.484. The lowest BCUT2D eigenvalue weighted by molar-refractivity contribution is 0.333. The molecule has 0 saturated carbocycles. The molecule has 0 heterocycles. The van der Waals surface area contributed by atoms with Crippen LogP contribution >= 0.6 is 34.8 Å². The van der Waals surface area contributed by atoms with E-state index in [-0.39, 0.29) is 0 Å². The third-order valence-electron chi connectivity index (χ3n) is 2.45. The first-order valence-corrected chi connectivity index (χ1v) is 6.86. The zero-order chi connectivity index (χ0) is 13.7. The van der Waals surface area contributed by atoms with E-state index >= 15 is 0 Å². The van der Waals surface area contributed by atoms with Gasteiger partial charge in [0.1, 0.15) is 12.4 Å². The largest absolute Gasteiger partial charge is 0.492 e. The first-order valence-electron chi connectivity index (χ1n) is 5.73. The Morgan fingerprint density at radius 3 is 2.42 bits per heavy atom. The van der Waals surface area contributed by atoms with Crippen LogP contribution in [0.3, 0.4) is 0 Å². The predicted molar refractivity (Wildman–Crippen MR) is 81.9 cm³/mol.